The van der Waals surface area contributed by atoms with E-state index in [4.69, 9.17) is 8.83 Å². The standard InChI is InChI=1S/C68H39NO2S/c1-6-22-49-41(17-1)42-18-2-7-23-50(42)67(49)52-25-9-4-21-46(52)65-55(67)28-15-29-57(65)69(40-35-36-45-44-20-5-12-31-59(44)70-61(45)37-40)58-30-16-32-60-66(58)48-38-47-43-19-3-8-24-51(43)68(56(47)39-62(48)71-60)53-26-10-13-33-63(53)72-64-34-14-11-27-54(64)68/h1-39H. The summed E-state index contributed by atoms with van der Waals surface area (Å²) in [6, 6.07) is 87.7. The van der Waals surface area contributed by atoms with Gasteiger partial charge in [-0.2, -0.15) is 0 Å². The van der Waals surface area contributed by atoms with E-state index < -0.39 is 10.8 Å². The summed E-state index contributed by atoms with van der Waals surface area (Å²) in [6.07, 6.45) is 0. The zero-order chi connectivity index (χ0) is 46.9. The van der Waals surface area contributed by atoms with Crippen LogP contribution in [0.4, 0.5) is 17.1 Å². The number of nitrogens with zero attached hydrogens (tertiary/aromatic N) is 1. The Morgan fingerprint density at radius 1 is 0.306 bits per heavy atom. The summed E-state index contributed by atoms with van der Waals surface area (Å²) < 4.78 is 13.9. The molecule has 13 aromatic rings. The number of benzene rings is 11. The van der Waals surface area contributed by atoms with E-state index in [0.29, 0.717) is 0 Å². The SMILES string of the molecule is c1ccc2c(c1)Sc1ccccc1C21c2ccccc2-c2cc3c(cc21)oc1cccc(N(c2ccc4c(c2)oc2ccccc24)c2cccc4c2-c2ccccc2C42c4ccccc4-c4ccccc42)c13. The van der Waals surface area contributed by atoms with Gasteiger partial charge in [0.2, 0.25) is 0 Å². The van der Waals surface area contributed by atoms with E-state index >= 15 is 0 Å². The number of para-hydroxylation sites is 1. The molecule has 72 heavy (non-hydrogen) atoms. The van der Waals surface area contributed by atoms with E-state index in [1.54, 1.807) is 0 Å². The van der Waals surface area contributed by atoms with E-state index in [2.05, 4.69) is 235 Å². The molecule has 2 spiro atoms. The van der Waals surface area contributed by atoms with E-state index in [1.807, 2.05) is 17.8 Å². The fraction of sp³-hybridized carbons (Fsp3) is 0.0294. The van der Waals surface area contributed by atoms with Crippen LogP contribution >= 0.6 is 11.8 Å². The van der Waals surface area contributed by atoms with Crippen molar-refractivity contribution in [1.82, 2.24) is 0 Å². The lowest BCUT2D eigenvalue weighted by molar-refractivity contribution is 0.664. The highest BCUT2D eigenvalue weighted by Crippen LogP contribution is 2.66. The second-order valence-corrected chi connectivity index (χ2v) is 20.8. The largest absolute Gasteiger partial charge is 0.456 e. The molecule has 4 aliphatic rings. The highest BCUT2D eigenvalue weighted by atomic mass is 32.2. The van der Waals surface area contributed by atoms with Crippen molar-refractivity contribution in [2.45, 2.75) is 20.6 Å². The number of anilines is 3. The van der Waals surface area contributed by atoms with Gasteiger partial charge in [0, 0.05) is 43.3 Å². The molecule has 0 N–H and O–H groups in total. The predicted molar refractivity (Wildman–Crippen MR) is 293 cm³/mol. The van der Waals surface area contributed by atoms with Gasteiger partial charge in [-0.1, -0.05) is 182 Å². The molecule has 0 bridgehead atoms. The van der Waals surface area contributed by atoms with Crippen molar-refractivity contribution in [3.8, 4) is 33.4 Å². The molecule has 4 heteroatoms. The van der Waals surface area contributed by atoms with Gasteiger partial charge in [-0.3, -0.25) is 0 Å². The summed E-state index contributed by atoms with van der Waals surface area (Å²) in [5, 5.41) is 4.34. The van der Waals surface area contributed by atoms with Crippen LogP contribution in [0.2, 0.25) is 0 Å². The smallest absolute Gasteiger partial charge is 0.137 e. The maximum absolute atomic E-state index is 7.21. The Morgan fingerprint density at radius 2 is 0.792 bits per heavy atom. The van der Waals surface area contributed by atoms with Crippen LogP contribution in [0.5, 0.6) is 0 Å². The third-order valence-corrected chi connectivity index (χ3v) is 17.7. The van der Waals surface area contributed by atoms with Crippen LogP contribution in [0.25, 0.3) is 77.3 Å². The number of furan rings is 2. The van der Waals surface area contributed by atoms with Crippen molar-refractivity contribution in [3.63, 3.8) is 0 Å². The maximum Gasteiger partial charge on any atom is 0.137 e. The minimum atomic E-state index is -0.514. The van der Waals surface area contributed by atoms with Gasteiger partial charge >= 0.3 is 0 Å². The fourth-order valence-corrected chi connectivity index (χ4v) is 15.1. The molecule has 0 saturated carbocycles. The van der Waals surface area contributed by atoms with Crippen LogP contribution in [0.15, 0.2) is 255 Å². The molecule has 2 aromatic heterocycles. The summed E-state index contributed by atoms with van der Waals surface area (Å²) >= 11 is 1.87. The van der Waals surface area contributed by atoms with Gasteiger partial charge in [-0.15, -0.1) is 0 Å². The lowest BCUT2D eigenvalue weighted by atomic mass is 9.67. The lowest BCUT2D eigenvalue weighted by Gasteiger charge is -2.39. The van der Waals surface area contributed by atoms with Crippen molar-refractivity contribution in [1.29, 1.82) is 0 Å². The molecule has 17 rings (SSSR count). The molecule has 0 amide bonds. The minimum absolute atomic E-state index is 0.503. The summed E-state index contributed by atoms with van der Waals surface area (Å²) in [5.41, 5.74) is 23.5. The fourth-order valence-electron chi connectivity index (χ4n) is 13.9. The molecular formula is C68H39NO2S. The first-order valence-corrected chi connectivity index (χ1v) is 25.6. The van der Waals surface area contributed by atoms with Crippen LogP contribution < -0.4 is 4.90 Å². The normalized spacial score (nSPS) is 14.6. The predicted octanol–water partition coefficient (Wildman–Crippen LogP) is 18.1. The Balaban J connectivity index is 0.969. The van der Waals surface area contributed by atoms with Gasteiger partial charge < -0.3 is 13.7 Å². The summed E-state index contributed by atoms with van der Waals surface area (Å²) in [6.45, 7) is 0. The topological polar surface area (TPSA) is 29.5 Å². The first-order chi connectivity index (χ1) is 35.7. The van der Waals surface area contributed by atoms with Gasteiger partial charge in [-0.25, -0.2) is 0 Å². The van der Waals surface area contributed by atoms with E-state index in [0.717, 1.165) is 60.9 Å². The second kappa shape index (κ2) is 13.9. The quantitative estimate of drug-likeness (QED) is 0.177. The van der Waals surface area contributed by atoms with Gasteiger partial charge in [0.05, 0.1) is 27.6 Å². The minimum Gasteiger partial charge on any atom is -0.456 e. The molecule has 11 aromatic carbocycles. The Hall–Kier alpha value is -8.83. The molecule has 3 heterocycles. The van der Waals surface area contributed by atoms with Crippen molar-refractivity contribution in [3.05, 3.63) is 281 Å². The Kier molecular flexibility index (Phi) is 7.54. The van der Waals surface area contributed by atoms with Gasteiger partial charge in [0.1, 0.15) is 22.3 Å². The Morgan fingerprint density at radius 3 is 1.50 bits per heavy atom. The summed E-state index contributed by atoms with van der Waals surface area (Å²) in [5.74, 6) is 0. The average Bonchev–Trinajstić information content (AvgIpc) is 4.22. The first kappa shape index (κ1) is 39.0. The van der Waals surface area contributed by atoms with Crippen molar-refractivity contribution < 1.29 is 8.83 Å². The maximum atomic E-state index is 7.21. The molecule has 334 valence electrons. The third kappa shape index (κ3) is 4.70. The van der Waals surface area contributed by atoms with E-state index in [-0.39, 0.29) is 0 Å². The molecule has 0 unspecified atom stereocenters. The zero-order valence-corrected chi connectivity index (χ0v) is 39.5. The molecular weight excluding hydrogens is 895 g/mol. The third-order valence-electron chi connectivity index (χ3n) is 16.5. The number of rotatable bonds is 3. The van der Waals surface area contributed by atoms with Gasteiger partial charge in [0.15, 0.2) is 0 Å². The molecule has 0 fully saturated rings. The number of hydrogen-bond acceptors (Lipinski definition) is 4. The van der Waals surface area contributed by atoms with E-state index in [1.165, 1.54) is 87.7 Å². The van der Waals surface area contributed by atoms with Gasteiger partial charge in [-0.05, 0) is 133 Å². The highest BCUT2D eigenvalue weighted by Gasteiger charge is 2.53. The monoisotopic (exact) mass is 933 g/mol. The van der Waals surface area contributed by atoms with Crippen LogP contribution in [0, 0.1) is 0 Å². The van der Waals surface area contributed by atoms with E-state index in [9.17, 15) is 0 Å². The number of hydrogen-bond donors (Lipinski definition) is 0. The van der Waals surface area contributed by atoms with Crippen LogP contribution in [0.1, 0.15) is 44.5 Å². The Labute approximate surface area is 419 Å². The molecule has 0 saturated heterocycles. The molecule has 1 aliphatic heterocycles. The van der Waals surface area contributed by atoms with Crippen LogP contribution in [-0.2, 0) is 10.8 Å². The van der Waals surface area contributed by atoms with Crippen molar-refractivity contribution in [2.75, 3.05) is 4.90 Å². The summed E-state index contributed by atoms with van der Waals surface area (Å²) in [4.78, 5) is 5.05. The average molecular weight is 934 g/mol. The molecule has 0 radical (unpaired) electrons. The van der Waals surface area contributed by atoms with Crippen molar-refractivity contribution >= 4 is 72.7 Å². The summed E-state index contributed by atoms with van der Waals surface area (Å²) in [7, 11) is 0. The Bertz CT molecular complexity index is 4440. The van der Waals surface area contributed by atoms with Crippen molar-refractivity contribution in [2.24, 2.45) is 0 Å². The molecule has 0 atom stereocenters. The first-order valence-electron chi connectivity index (χ1n) is 24.8. The molecule has 3 nitrogen and oxygen atoms in total. The highest BCUT2D eigenvalue weighted by molar-refractivity contribution is 7.99. The van der Waals surface area contributed by atoms with Crippen LogP contribution in [0.3, 0.4) is 0 Å². The second-order valence-electron chi connectivity index (χ2n) is 19.7. The zero-order valence-electron chi connectivity index (χ0n) is 38.7. The van der Waals surface area contributed by atoms with Gasteiger partial charge in [0.25, 0.3) is 0 Å². The number of fused-ring (bicyclic) bond motifs is 25. The lowest BCUT2D eigenvalue weighted by Crippen LogP contribution is -2.31. The molecule has 3 aliphatic carbocycles. The van der Waals surface area contributed by atoms with Crippen LogP contribution in [-0.4, -0.2) is 0 Å².